The predicted octanol–water partition coefficient (Wildman–Crippen LogP) is 7.32. The molecule has 0 saturated carbocycles. The van der Waals surface area contributed by atoms with Crippen molar-refractivity contribution in [2.24, 2.45) is 0 Å². The van der Waals surface area contributed by atoms with Crippen molar-refractivity contribution in [3.8, 4) is 11.5 Å². The van der Waals surface area contributed by atoms with Crippen LogP contribution < -0.4 is 0 Å². The Morgan fingerprint density at radius 2 is 1.32 bits per heavy atom. The second-order valence-electron chi connectivity index (χ2n) is 9.66. The number of phenolic OH excluding ortho intramolecular Hbond substituents is 2. The van der Waals surface area contributed by atoms with Crippen LogP contribution in [0.1, 0.15) is 57.7 Å². The number of aliphatic hydroxyl groups is 1. The van der Waals surface area contributed by atoms with Gasteiger partial charge in [0.15, 0.2) is 6.23 Å². The molecule has 214 valence electrons. The number of carbonyl (C=O) groups is 1. The summed E-state index contributed by atoms with van der Waals surface area (Å²) in [5.41, 5.74) is 4.99. The number of fused-ring (bicyclic) bond motifs is 1. The summed E-state index contributed by atoms with van der Waals surface area (Å²) < 4.78 is 0. The molecule has 0 aliphatic carbocycles. The van der Waals surface area contributed by atoms with Gasteiger partial charge >= 0.3 is 0 Å². The third-order valence-corrected chi connectivity index (χ3v) is 7.08. The fraction of sp³-hybridized carbons (Fsp3) is 0.114. The number of nitrogens with zero attached hydrogens (tertiary/aromatic N) is 1. The van der Waals surface area contributed by atoms with Gasteiger partial charge in [-0.2, -0.15) is 12.1 Å². The molecule has 6 rings (SSSR count). The van der Waals surface area contributed by atoms with Crippen molar-refractivity contribution in [3.05, 3.63) is 161 Å². The van der Waals surface area contributed by atoms with Crippen LogP contribution in [-0.4, -0.2) is 26.1 Å². The molecule has 0 saturated heterocycles. The minimum absolute atomic E-state index is 0. The first-order valence-corrected chi connectivity index (χ1v) is 13.3. The van der Waals surface area contributed by atoms with Crippen molar-refractivity contribution in [1.29, 1.82) is 0 Å². The Morgan fingerprint density at radius 1 is 0.805 bits per heavy atom. The Labute approximate surface area is 250 Å². The number of aromatic hydroxyl groups is 2. The van der Waals surface area contributed by atoms with Gasteiger partial charge in [-0.25, -0.2) is 12.1 Å². The van der Waals surface area contributed by atoms with Gasteiger partial charge in [0, 0.05) is 34.2 Å². The second kappa shape index (κ2) is 13.8. The maximum absolute atomic E-state index is 13.3. The summed E-state index contributed by atoms with van der Waals surface area (Å²) in [5, 5.41) is 30.5. The fourth-order valence-corrected chi connectivity index (χ4v) is 5.10. The Kier molecular flexibility index (Phi) is 9.99. The average molecular weight is 585 g/mol. The quantitative estimate of drug-likeness (QED) is 0.138. The van der Waals surface area contributed by atoms with Crippen LogP contribution in [0.25, 0.3) is 5.57 Å². The average Bonchev–Trinajstić information content (AvgIpc) is 3.76. The molecule has 5 aromatic rings. The van der Waals surface area contributed by atoms with Crippen molar-refractivity contribution in [2.45, 2.75) is 25.1 Å². The number of amides is 1. The molecular weight excluding hydrogens is 554 g/mol. The third kappa shape index (κ3) is 6.87. The van der Waals surface area contributed by atoms with Gasteiger partial charge in [-0.1, -0.05) is 48.5 Å². The van der Waals surface area contributed by atoms with Gasteiger partial charge in [0.2, 0.25) is 0 Å². The molecule has 3 N–H and O–H groups in total. The summed E-state index contributed by atoms with van der Waals surface area (Å²) in [5.74, 6) is 0.216. The first-order chi connectivity index (χ1) is 19.5. The van der Waals surface area contributed by atoms with Crippen LogP contribution in [0.5, 0.6) is 11.5 Å². The molecule has 0 bridgehead atoms. The van der Waals surface area contributed by atoms with E-state index < -0.39 is 6.23 Å². The van der Waals surface area contributed by atoms with Crippen molar-refractivity contribution in [2.75, 3.05) is 0 Å². The van der Waals surface area contributed by atoms with E-state index in [-0.39, 0.29) is 40.5 Å². The van der Waals surface area contributed by atoms with Gasteiger partial charge < -0.3 is 50.6 Å². The predicted molar refractivity (Wildman–Crippen MR) is 157 cm³/mol. The van der Waals surface area contributed by atoms with E-state index in [2.05, 4.69) is 6.08 Å². The molecule has 1 aliphatic heterocycles. The number of phenols is 2. The molecule has 2 unspecified atom stereocenters. The third-order valence-electron chi connectivity index (χ3n) is 7.08. The maximum atomic E-state index is 13.3. The Balaban J connectivity index is 0.000000584. The van der Waals surface area contributed by atoms with E-state index in [1.165, 1.54) is 0 Å². The van der Waals surface area contributed by atoms with E-state index in [0.717, 1.165) is 22.3 Å². The van der Waals surface area contributed by atoms with Crippen LogP contribution in [-0.2, 0) is 17.1 Å². The van der Waals surface area contributed by atoms with Gasteiger partial charge in [0.1, 0.15) is 11.5 Å². The number of hydrogen-bond donors (Lipinski definition) is 3. The molecule has 1 aliphatic rings. The van der Waals surface area contributed by atoms with Gasteiger partial charge in [-0.15, -0.1) is 5.56 Å². The van der Waals surface area contributed by atoms with E-state index in [9.17, 15) is 20.1 Å². The number of allylic oxidation sites excluding steroid dienone is 1. The van der Waals surface area contributed by atoms with E-state index in [0.29, 0.717) is 24.0 Å². The Morgan fingerprint density at radius 3 is 1.83 bits per heavy atom. The molecule has 2 atom stereocenters. The van der Waals surface area contributed by atoms with Gasteiger partial charge in [-0.3, -0.25) is 4.79 Å². The maximum Gasteiger partial charge on any atom is 0.256 e. The minimum atomic E-state index is -0.990. The van der Waals surface area contributed by atoms with Crippen molar-refractivity contribution < 1.29 is 37.2 Å². The summed E-state index contributed by atoms with van der Waals surface area (Å²) >= 11 is 0. The topological polar surface area (TPSA) is 81.0 Å². The zero-order valence-electron chi connectivity index (χ0n) is 22.3. The Hall–Kier alpha value is -4.35. The van der Waals surface area contributed by atoms with Crippen molar-refractivity contribution in [3.63, 3.8) is 0 Å². The number of hydrogen-bond acceptors (Lipinski definition) is 4. The first-order valence-electron chi connectivity index (χ1n) is 13.3. The number of benzene rings is 3. The molecule has 0 radical (unpaired) electrons. The molecule has 0 fully saturated rings. The van der Waals surface area contributed by atoms with Crippen LogP contribution in [0.3, 0.4) is 0 Å². The summed E-state index contributed by atoms with van der Waals surface area (Å²) in [7, 11) is 0. The van der Waals surface area contributed by atoms with Crippen LogP contribution in [0, 0.1) is 0 Å². The molecule has 41 heavy (non-hydrogen) atoms. The summed E-state index contributed by atoms with van der Waals surface area (Å²) in [6, 6.07) is 38.8. The van der Waals surface area contributed by atoms with Gasteiger partial charge in [0.25, 0.3) is 5.91 Å². The summed E-state index contributed by atoms with van der Waals surface area (Å²) in [6.45, 7) is 0. The molecule has 6 heteroatoms. The molecular formula is C35H31FeNO4-6. The van der Waals surface area contributed by atoms with E-state index in [4.69, 9.17) is 0 Å². The van der Waals surface area contributed by atoms with E-state index in [1.54, 1.807) is 41.3 Å². The second-order valence-corrected chi connectivity index (χ2v) is 9.66. The fourth-order valence-electron chi connectivity index (χ4n) is 5.10. The van der Waals surface area contributed by atoms with Crippen LogP contribution in [0.15, 0.2) is 133 Å². The SMILES string of the molecule is O=C1c2ccccc2C(O)N1C(CCC=C(c1ccc(O)cc1)c1ccc(O)cc1)[c-]1cccc1.[Fe].[cH-]1[cH-][cH-][cH-][cH-]1. The first kappa shape index (κ1) is 29.6. The van der Waals surface area contributed by atoms with Crippen molar-refractivity contribution in [1.82, 2.24) is 4.90 Å². The van der Waals surface area contributed by atoms with Crippen LogP contribution in [0.2, 0.25) is 0 Å². The van der Waals surface area contributed by atoms with E-state index >= 15 is 0 Å². The minimum Gasteiger partial charge on any atom is -0.748 e. The molecule has 0 spiro atoms. The molecule has 1 heterocycles. The van der Waals surface area contributed by atoms with Crippen LogP contribution >= 0.6 is 0 Å². The van der Waals surface area contributed by atoms with Gasteiger partial charge in [-0.05, 0) is 59.9 Å². The molecule has 5 nitrogen and oxygen atoms in total. The standard InChI is InChI=1S/C30H26NO4.C5H5.Fe/c32-23-16-12-20(13-17-23)25(21-14-18-24(33)19-15-21)10-5-11-28(22-6-1-2-7-22)31-29(34)26-8-3-4-9-27(26)30(31)35;1-2-4-5-3-1;/h1-4,6-10,12-19,28-29,32-34H,5,11H2;1-5H;/q-1;-5;. The molecule has 0 aromatic heterocycles. The largest absolute Gasteiger partial charge is 0.748 e. The number of rotatable bonds is 7. The smallest absolute Gasteiger partial charge is 0.256 e. The zero-order chi connectivity index (χ0) is 27.9. The molecule has 1 amide bonds. The monoisotopic (exact) mass is 585 g/mol. The summed E-state index contributed by atoms with van der Waals surface area (Å²) in [6.07, 6.45) is 2.37. The molecule has 5 aromatic carbocycles. The van der Waals surface area contributed by atoms with Gasteiger partial charge in [0.05, 0.1) is 0 Å². The number of aliphatic hydroxyl groups excluding tert-OH is 1. The van der Waals surface area contributed by atoms with Crippen LogP contribution in [0.4, 0.5) is 0 Å². The number of carbonyl (C=O) groups excluding carboxylic acids is 1. The van der Waals surface area contributed by atoms with Crippen molar-refractivity contribution >= 4 is 11.5 Å². The van der Waals surface area contributed by atoms with E-state index in [1.807, 2.05) is 91.0 Å². The zero-order valence-corrected chi connectivity index (χ0v) is 23.4. The Bertz CT molecular complexity index is 1470. The summed E-state index contributed by atoms with van der Waals surface area (Å²) in [4.78, 5) is 14.8. The normalized spacial score (nSPS) is 14.3.